The lowest BCUT2D eigenvalue weighted by Crippen LogP contribution is -2.38. The highest BCUT2D eigenvalue weighted by atomic mass is 79.9. The molecule has 16 heavy (non-hydrogen) atoms. The highest BCUT2D eigenvalue weighted by Gasteiger charge is 2.24. The molecule has 0 aromatic heterocycles. The predicted octanol–water partition coefficient (Wildman–Crippen LogP) is 2.51. The van der Waals surface area contributed by atoms with E-state index >= 15 is 0 Å². The molecule has 1 aliphatic heterocycles. The number of ether oxygens (including phenoxy) is 1. The molecule has 1 fully saturated rings. The molecule has 0 saturated carbocycles. The van der Waals surface area contributed by atoms with E-state index in [9.17, 15) is 0 Å². The molecule has 0 spiro atoms. The first-order valence-corrected chi connectivity index (χ1v) is 5.76. The van der Waals surface area contributed by atoms with Gasteiger partial charge in [-0.2, -0.15) is 0 Å². The molecule has 1 aromatic rings. The molecule has 0 atom stereocenters. The van der Waals surface area contributed by atoms with E-state index in [-0.39, 0.29) is 5.92 Å². The minimum absolute atomic E-state index is 0.283. The van der Waals surface area contributed by atoms with E-state index in [0.717, 1.165) is 22.3 Å². The smallest absolute Gasteiger partial charge is 0.115 e. The number of nitrogens with one attached hydrogen (secondary N) is 2. The monoisotopic (exact) mass is 281 g/mol. The van der Waals surface area contributed by atoms with Gasteiger partial charge >= 0.3 is 0 Å². The van der Waals surface area contributed by atoms with Crippen LogP contribution in [0.5, 0.6) is 0 Å². The van der Waals surface area contributed by atoms with Gasteiger partial charge in [-0.3, -0.25) is 5.41 Å². The zero-order valence-corrected chi connectivity index (χ0v) is 10.2. The van der Waals surface area contributed by atoms with E-state index in [2.05, 4.69) is 26.2 Å². The molecule has 4 nitrogen and oxygen atoms in total. The number of amidine groups is 1. The van der Waals surface area contributed by atoms with Crippen LogP contribution < -0.4 is 5.32 Å². The van der Waals surface area contributed by atoms with Crippen LogP contribution >= 0.6 is 15.9 Å². The number of hydrogen-bond donors (Lipinski definition) is 2. The molecule has 1 aliphatic rings. The third-order valence-electron chi connectivity index (χ3n) is 2.35. The third-order valence-corrected chi connectivity index (χ3v) is 2.87. The van der Waals surface area contributed by atoms with Gasteiger partial charge in [0.05, 0.1) is 19.1 Å². The molecule has 1 aromatic carbocycles. The third kappa shape index (κ3) is 2.68. The molecule has 0 unspecified atom stereocenters. The molecule has 84 valence electrons. The molecule has 2 rings (SSSR count). The summed E-state index contributed by atoms with van der Waals surface area (Å²) >= 11 is 3.38. The molecule has 1 heterocycles. The molecule has 5 heteroatoms. The van der Waals surface area contributed by atoms with Crippen LogP contribution in [0.3, 0.4) is 0 Å². The van der Waals surface area contributed by atoms with Gasteiger partial charge in [0.15, 0.2) is 0 Å². The maximum Gasteiger partial charge on any atom is 0.115 e. The van der Waals surface area contributed by atoms with Crippen molar-refractivity contribution in [1.82, 2.24) is 0 Å². The van der Waals surface area contributed by atoms with Crippen molar-refractivity contribution in [2.75, 3.05) is 18.5 Å². The quantitative estimate of drug-likeness (QED) is 0.661. The normalized spacial score (nSPS) is 16.7. The summed E-state index contributed by atoms with van der Waals surface area (Å²) < 4.78 is 6.15. The van der Waals surface area contributed by atoms with Crippen molar-refractivity contribution in [3.8, 4) is 0 Å². The Labute approximate surface area is 102 Å². The number of rotatable bonds is 3. The SMILES string of the molecule is N=C/N=C(\Nc1ccc(Br)cc1)C1COC1. The van der Waals surface area contributed by atoms with E-state index in [1.165, 1.54) is 0 Å². The molecule has 0 amide bonds. The summed E-state index contributed by atoms with van der Waals surface area (Å²) in [6.45, 7) is 1.35. The molecule has 0 radical (unpaired) electrons. The average Bonchev–Trinajstić information content (AvgIpc) is 2.19. The minimum Gasteiger partial charge on any atom is -0.380 e. The van der Waals surface area contributed by atoms with E-state index in [4.69, 9.17) is 10.1 Å². The number of aliphatic imine (C=N–C) groups is 1. The van der Waals surface area contributed by atoms with Crippen LogP contribution in [0.2, 0.25) is 0 Å². The molecule has 0 aliphatic carbocycles. The maximum absolute atomic E-state index is 7.02. The summed E-state index contributed by atoms with van der Waals surface area (Å²) in [5, 5.41) is 10.2. The Morgan fingerprint density at radius 3 is 2.62 bits per heavy atom. The topological polar surface area (TPSA) is 57.5 Å². The van der Waals surface area contributed by atoms with Gasteiger partial charge in [0.25, 0.3) is 0 Å². The average molecular weight is 282 g/mol. The Hall–Kier alpha value is -1.20. The van der Waals surface area contributed by atoms with Crippen LogP contribution in [-0.4, -0.2) is 25.4 Å². The molecule has 1 saturated heterocycles. The maximum atomic E-state index is 7.02. The number of benzene rings is 1. The largest absolute Gasteiger partial charge is 0.380 e. The van der Waals surface area contributed by atoms with Crippen molar-refractivity contribution in [2.24, 2.45) is 10.9 Å². The number of hydrogen-bond acceptors (Lipinski definition) is 2. The van der Waals surface area contributed by atoms with E-state index in [1.54, 1.807) is 0 Å². The Bertz CT molecular complexity index is 398. The first kappa shape index (κ1) is 11.3. The second-order valence-corrected chi connectivity index (χ2v) is 4.43. The van der Waals surface area contributed by atoms with Gasteiger partial charge in [0.2, 0.25) is 0 Å². The molecular formula is C11H12BrN3O. The second kappa shape index (κ2) is 5.23. The van der Waals surface area contributed by atoms with Crippen LogP contribution in [0, 0.1) is 11.3 Å². The highest BCUT2D eigenvalue weighted by Crippen LogP contribution is 2.17. The van der Waals surface area contributed by atoms with Gasteiger partial charge < -0.3 is 10.1 Å². The first-order chi connectivity index (χ1) is 7.79. The lowest BCUT2D eigenvalue weighted by atomic mass is 10.1. The number of halogens is 1. The van der Waals surface area contributed by atoms with E-state index < -0.39 is 0 Å². The summed E-state index contributed by atoms with van der Waals surface area (Å²) in [5.74, 6) is 1.08. The van der Waals surface area contributed by atoms with Gasteiger partial charge in [0.1, 0.15) is 12.2 Å². The van der Waals surface area contributed by atoms with Gasteiger partial charge in [-0.15, -0.1) is 0 Å². The van der Waals surface area contributed by atoms with Crippen LogP contribution in [0.15, 0.2) is 33.7 Å². The van der Waals surface area contributed by atoms with Crippen molar-refractivity contribution in [3.05, 3.63) is 28.7 Å². The standard InChI is InChI=1S/C11H12BrN3O/c12-9-1-3-10(4-2-9)15-11(14-7-13)8-5-16-6-8/h1-4,7-8H,5-6H2,(H2,13,14,15). The van der Waals surface area contributed by atoms with Crippen LogP contribution in [0.25, 0.3) is 0 Å². The van der Waals surface area contributed by atoms with Crippen molar-refractivity contribution in [2.45, 2.75) is 0 Å². The Morgan fingerprint density at radius 1 is 1.44 bits per heavy atom. The van der Waals surface area contributed by atoms with Crippen molar-refractivity contribution in [1.29, 1.82) is 5.41 Å². The number of nitrogens with zero attached hydrogens (tertiary/aromatic N) is 1. The van der Waals surface area contributed by atoms with Gasteiger partial charge in [-0.1, -0.05) is 15.9 Å². The van der Waals surface area contributed by atoms with E-state index in [1.807, 2.05) is 24.3 Å². The lowest BCUT2D eigenvalue weighted by molar-refractivity contribution is 0.00193. The van der Waals surface area contributed by atoms with Crippen LogP contribution in [0.4, 0.5) is 5.69 Å². The van der Waals surface area contributed by atoms with Gasteiger partial charge in [-0.05, 0) is 24.3 Å². The molecule has 0 bridgehead atoms. The fourth-order valence-electron chi connectivity index (χ4n) is 1.38. The Balaban J connectivity index is 2.08. The van der Waals surface area contributed by atoms with Crippen molar-refractivity contribution in [3.63, 3.8) is 0 Å². The van der Waals surface area contributed by atoms with Crippen LogP contribution in [-0.2, 0) is 4.74 Å². The fraction of sp³-hybridized carbons (Fsp3) is 0.273. The Kier molecular flexibility index (Phi) is 3.69. The second-order valence-electron chi connectivity index (χ2n) is 3.51. The minimum atomic E-state index is 0.283. The highest BCUT2D eigenvalue weighted by molar-refractivity contribution is 9.10. The van der Waals surface area contributed by atoms with Gasteiger partial charge in [0, 0.05) is 10.2 Å². The Morgan fingerprint density at radius 2 is 2.12 bits per heavy atom. The fourth-order valence-corrected chi connectivity index (χ4v) is 1.65. The van der Waals surface area contributed by atoms with Crippen molar-refractivity contribution >= 4 is 33.8 Å². The molecular weight excluding hydrogens is 270 g/mol. The molecule has 2 N–H and O–H groups in total. The predicted molar refractivity (Wildman–Crippen MR) is 68.3 cm³/mol. The first-order valence-electron chi connectivity index (χ1n) is 4.96. The summed E-state index contributed by atoms with van der Waals surface area (Å²) in [4.78, 5) is 4.02. The van der Waals surface area contributed by atoms with Crippen molar-refractivity contribution < 1.29 is 4.74 Å². The summed E-state index contributed by atoms with van der Waals surface area (Å²) in [7, 11) is 0. The summed E-state index contributed by atoms with van der Waals surface area (Å²) in [5.41, 5.74) is 0.968. The van der Waals surface area contributed by atoms with E-state index in [0.29, 0.717) is 13.2 Å². The van der Waals surface area contributed by atoms with Crippen LogP contribution in [0.1, 0.15) is 0 Å². The zero-order chi connectivity index (χ0) is 11.4. The summed E-state index contributed by atoms with van der Waals surface area (Å²) in [6, 6.07) is 7.84. The van der Waals surface area contributed by atoms with Gasteiger partial charge in [-0.25, -0.2) is 4.99 Å². The zero-order valence-electron chi connectivity index (χ0n) is 8.61. The summed E-state index contributed by atoms with van der Waals surface area (Å²) in [6.07, 6.45) is 1.06. The lowest BCUT2D eigenvalue weighted by Gasteiger charge is -2.27. The number of anilines is 1.